The van der Waals surface area contributed by atoms with Crippen molar-refractivity contribution in [1.29, 1.82) is 0 Å². The van der Waals surface area contributed by atoms with Crippen LogP contribution in [0.2, 0.25) is 0 Å². The van der Waals surface area contributed by atoms with Gasteiger partial charge in [-0.2, -0.15) is 5.06 Å². The van der Waals surface area contributed by atoms with E-state index in [1.54, 1.807) is 0 Å². The summed E-state index contributed by atoms with van der Waals surface area (Å²) in [5.74, 6) is -0.00545. The molecule has 0 radical (unpaired) electrons. The van der Waals surface area contributed by atoms with E-state index in [2.05, 4.69) is 47.5 Å². The van der Waals surface area contributed by atoms with Crippen LogP contribution in [0, 0.1) is 0 Å². The summed E-state index contributed by atoms with van der Waals surface area (Å²) in [5, 5.41) is 15.2. The summed E-state index contributed by atoms with van der Waals surface area (Å²) in [4.78, 5) is 14.9. The Morgan fingerprint density at radius 1 is 0.838 bits per heavy atom. The zero-order chi connectivity index (χ0) is 26.1. The molecule has 0 saturated carbocycles. The number of unbranched alkanes of at least 4 members (excludes halogenated alkanes) is 9. The van der Waals surface area contributed by atoms with Crippen LogP contribution in [0.25, 0.3) is 0 Å². The van der Waals surface area contributed by atoms with Gasteiger partial charge in [-0.05, 0) is 42.5 Å². The quantitative estimate of drug-likeness (QED) is 0.176. The molecule has 5 nitrogen and oxygen atoms in total. The number of likely N-dealkylation sites (tertiary alicyclic amines) is 1. The van der Waals surface area contributed by atoms with Crippen LogP contribution in [0.3, 0.4) is 0 Å². The fourth-order valence-corrected chi connectivity index (χ4v) is 5.21. The number of hydroxylamine groups is 2. The number of benzene rings is 2. The molecule has 0 atom stereocenters. The second-order valence-corrected chi connectivity index (χ2v) is 10.7. The Kier molecular flexibility index (Phi) is 13.7. The molecule has 2 aromatic rings. The molecule has 0 unspecified atom stereocenters. The molecule has 0 spiro atoms. The molecule has 37 heavy (non-hydrogen) atoms. The molecule has 1 fully saturated rings. The monoisotopic (exact) mass is 507 g/mol. The fourth-order valence-electron chi connectivity index (χ4n) is 5.21. The maximum absolute atomic E-state index is 12.5. The van der Waals surface area contributed by atoms with E-state index in [0.29, 0.717) is 12.1 Å². The number of piperidine rings is 1. The fraction of sp³-hybridized carbons (Fsp3) is 0.594. The minimum Gasteiger partial charge on any atom is -0.352 e. The summed E-state index contributed by atoms with van der Waals surface area (Å²) in [6.07, 6.45) is 14.9. The van der Waals surface area contributed by atoms with Crippen LogP contribution in [0.1, 0.15) is 105 Å². The Morgan fingerprint density at radius 3 is 2.05 bits per heavy atom. The number of hydrogen-bond acceptors (Lipinski definition) is 4. The van der Waals surface area contributed by atoms with E-state index >= 15 is 0 Å². The average Bonchev–Trinajstić information content (AvgIpc) is 2.93. The van der Waals surface area contributed by atoms with Crippen LogP contribution in [-0.2, 0) is 13.1 Å². The molecule has 204 valence electrons. The third-order valence-corrected chi connectivity index (χ3v) is 7.60. The van der Waals surface area contributed by atoms with Crippen LogP contribution in [-0.4, -0.2) is 46.8 Å². The van der Waals surface area contributed by atoms with E-state index in [9.17, 15) is 10.0 Å². The highest BCUT2D eigenvalue weighted by Crippen LogP contribution is 2.19. The molecule has 5 heteroatoms. The van der Waals surface area contributed by atoms with E-state index in [1.165, 1.54) is 68.4 Å². The standard InChI is InChI=1S/C32H49N3O2/c1-2-3-4-5-6-7-8-9-10-14-23-33-32(36)30-19-17-29(18-20-30)27-35(37)31-21-24-34(25-22-31)26-28-15-12-11-13-16-28/h11-13,15-20,31,37H,2-10,14,21-27H2,1H3,(H,33,36). The summed E-state index contributed by atoms with van der Waals surface area (Å²) in [7, 11) is 0. The predicted molar refractivity (Wildman–Crippen MR) is 153 cm³/mol. The van der Waals surface area contributed by atoms with E-state index in [-0.39, 0.29) is 11.9 Å². The number of nitrogens with one attached hydrogen (secondary N) is 1. The smallest absolute Gasteiger partial charge is 0.251 e. The van der Waals surface area contributed by atoms with Gasteiger partial charge in [0.15, 0.2) is 0 Å². The summed E-state index contributed by atoms with van der Waals surface area (Å²) in [5.41, 5.74) is 3.06. The molecule has 0 aliphatic carbocycles. The first kappa shape index (κ1) is 29.3. The molecule has 3 rings (SSSR count). The molecule has 1 aliphatic rings. The summed E-state index contributed by atoms with van der Waals surface area (Å²) in [6.45, 7) is 6.45. The molecule has 2 aromatic carbocycles. The lowest BCUT2D eigenvalue weighted by atomic mass is 10.0. The zero-order valence-electron chi connectivity index (χ0n) is 23.0. The first-order valence-corrected chi connectivity index (χ1v) is 14.7. The normalized spacial score (nSPS) is 14.8. The minimum absolute atomic E-state index is 0.00545. The predicted octanol–water partition coefficient (Wildman–Crippen LogP) is 7.19. The maximum Gasteiger partial charge on any atom is 0.251 e. The van der Waals surface area contributed by atoms with Crippen LogP contribution in [0.15, 0.2) is 54.6 Å². The Labute approximate surface area is 225 Å². The SMILES string of the molecule is CCCCCCCCCCCCNC(=O)c1ccc(CN(O)C2CCN(Cc3ccccc3)CC2)cc1. The van der Waals surface area contributed by atoms with E-state index < -0.39 is 0 Å². The number of hydrogen-bond donors (Lipinski definition) is 2. The van der Waals surface area contributed by atoms with Crippen molar-refractivity contribution < 1.29 is 10.0 Å². The second kappa shape index (κ2) is 17.3. The van der Waals surface area contributed by atoms with Gasteiger partial charge in [0.2, 0.25) is 0 Å². The van der Waals surface area contributed by atoms with Gasteiger partial charge in [0.1, 0.15) is 0 Å². The van der Waals surface area contributed by atoms with Gasteiger partial charge in [0.05, 0.1) is 0 Å². The average molecular weight is 508 g/mol. The lowest BCUT2D eigenvalue weighted by molar-refractivity contribution is -0.147. The van der Waals surface area contributed by atoms with Gasteiger partial charge in [0.25, 0.3) is 5.91 Å². The Balaban J connectivity index is 1.26. The lowest BCUT2D eigenvalue weighted by Gasteiger charge is -2.35. The molecule has 1 heterocycles. The lowest BCUT2D eigenvalue weighted by Crippen LogP contribution is -2.43. The highest BCUT2D eigenvalue weighted by molar-refractivity contribution is 5.94. The van der Waals surface area contributed by atoms with Crippen molar-refractivity contribution in [2.75, 3.05) is 19.6 Å². The topological polar surface area (TPSA) is 55.8 Å². The van der Waals surface area contributed by atoms with Crippen LogP contribution in [0.4, 0.5) is 0 Å². The van der Waals surface area contributed by atoms with Crippen molar-refractivity contribution in [3.8, 4) is 0 Å². The van der Waals surface area contributed by atoms with Crippen LogP contribution >= 0.6 is 0 Å². The minimum atomic E-state index is -0.00545. The third kappa shape index (κ3) is 11.4. The molecule has 1 amide bonds. The van der Waals surface area contributed by atoms with Crippen molar-refractivity contribution in [1.82, 2.24) is 15.3 Å². The van der Waals surface area contributed by atoms with Crippen molar-refractivity contribution in [3.63, 3.8) is 0 Å². The number of nitrogens with zero attached hydrogens (tertiary/aromatic N) is 2. The van der Waals surface area contributed by atoms with Gasteiger partial charge in [-0.1, -0.05) is 107 Å². The summed E-state index contributed by atoms with van der Waals surface area (Å²) < 4.78 is 0. The molecule has 1 saturated heterocycles. The van der Waals surface area contributed by atoms with Gasteiger partial charge < -0.3 is 10.5 Å². The van der Waals surface area contributed by atoms with Gasteiger partial charge >= 0.3 is 0 Å². The summed E-state index contributed by atoms with van der Waals surface area (Å²) in [6, 6.07) is 18.4. The van der Waals surface area contributed by atoms with E-state index in [0.717, 1.165) is 51.0 Å². The van der Waals surface area contributed by atoms with Gasteiger partial charge in [-0.25, -0.2) is 0 Å². The Bertz CT molecular complexity index is 863. The number of carbonyl (C=O) groups is 1. The molecule has 0 aromatic heterocycles. The van der Waals surface area contributed by atoms with Crippen molar-refractivity contribution in [3.05, 3.63) is 71.3 Å². The second-order valence-electron chi connectivity index (χ2n) is 10.7. The van der Waals surface area contributed by atoms with Gasteiger partial charge in [-0.3, -0.25) is 9.69 Å². The Morgan fingerprint density at radius 2 is 1.43 bits per heavy atom. The van der Waals surface area contributed by atoms with Gasteiger partial charge in [-0.15, -0.1) is 0 Å². The van der Waals surface area contributed by atoms with E-state index in [1.807, 2.05) is 24.3 Å². The largest absolute Gasteiger partial charge is 0.352 e. The van der Waals surface area contributed by atoms with Crippen molar-refractivity contribution in [2.45, 2.75) is 103 Å². The first-order chi connectivity index (χ1) is 18.2. The highest BCUT2D eigenvalue weighted by atomic mass is 16.5. The highest BCUT2D eigenvalue weighted by Gasteiger charge is 2.24. The van der Waals surface area contributed by atoms with Crippen LogP contribution < -0.4 is 5.32 Å². The first-order valence-electron chi connectivity index (χ1n) is 14.7. The Hall–Kier alpha value is -2.21. The zero-order valence-corrected chi connectivity index (χ0v) is 23.0. The number of rotatable bonds is 17. The van der Waals surface area contributed by atoms with Gasteiger partial charge in [0, 0.05) is 44.3 Å². The summed E-state index contributed by atoms with van der Waals surface area (Å²) >= 11 is 0. The number of carbonyl (C=O) groups excluding carboxylic acids is 1. The molecule has 1 aliphatic heterocycles. The van der Waals surface area contributed by atoms with E-state index in [4.69, 9.17) is 0 Å². The third-order valence-electron chi connectivity index (χ3n) is 7.60. The molecule has 2 N–H and O–H groups in total. The van der Waals surface area contributed by atoms with Crippen LogP contribution in [0.5, 0.6) is 0 Å². The molecular formula is C32H49N3O2. The molecule has 0 bridgehead atoms. The van der Waals surface area contributed by atoms with Crippen molar-refractivity contribution in [2.24, 2.45) is 0 Å². The maximum atomic E-state index is 12.5. The van der Waals surface area contributed by atoms with Crippen molar-refractivity contribution >= 4 is 5.91 Å². The number of amides is 1. The molecular weight excluding hydrogens is 458 g/mol.